The highest BCUT2D eigenvalue weighted by atomic mass is 35.5. The molecular weight excluding hydrogens is 303 g/mol. The van der Waals surface area contributed by atoms with Crippen molar-refractivity contribution in [2.75, 3.05) is 12.4 Å². The Bertz CT molecular complexity index is 622. The first kappa shape index (κ1) is 14.4. The van der Waals surface area contributed by atoms with Crippen LogP contribution in [0, 0.1) is 10.1 Å². The van der Waals surface area contributed by atoms with Gasteiger partial charge in [-0.05, 0) is 24.3 Å². The fraction of sp³-hybridized carbons (Fsp3) is 0.0769. The highest BCUT2D eigenvalue weighted by molar-refractivity contribution is 6.37. The van der Waals surface area contributed by atoms with E-state index in [1.54, 1.807) is 19.2 Å². The van der Waals surface area contributed by atoms with Crippen molar-refractivity contribution in [1.29, 1.82) is 0 Å². The topological polar surface area (TPSA) is 64.4 Å². The lowest BCUT2D eigenvalue weighted by Crippen LogP contribution is -1.92. The van der Waals surface area contributed by atoms with E-state index in [0.29, 0.717) is 5.75 Å². The third-order valence-corrected chi connectivity index (χ3v) is 3.12. The molecule has 0 saturated heterocycles. The number of hydrogen-bond acceptors (Lipinski definition) is 4. The summed E-state index contributed by atoms with van der Waals surface area (Å²) in [4.78, 5) is 10.1. The van der Waals surface area contributed by atoms with Gasteiger partial charge in [-0.2, -0.15) is 0 Å². The SMILES string of the molecule is CNc1ccc(Oc2c(Cl)cc([N+](=O)[O-])cc2Cl)cc1. The van der Waals surface area contributed by atoms with Gasteiger partial charge in [0.1, 0.15) is 5.75 Å². The first-order chi connectivity index (χ1) is 9.51. The summed E-state index contributed by atoms with van der Waals surface area (Å²) in [5, 5.41) is 13.8. The molecule has 0 aliphatic carbocycles. The smallest absolute Gasteiger partial charge is 0.272 e. The van der Waals surface area contributed by atoms with Crippen molar-refractivity contribution in [2.45, 2.75) is 0 Å². The van der Waals surface area contributed by atoms with E-state index < -0.39 is 4.92 Å². The van der Waals surface area contributed by atoms with Crippen LogP contribution in [0.2, 0.25) is 10.0 Å². The molecule has 0 aliphatic rings. The summed E-state index contributed by atoms with van der Waals surface area (Å²) in [6.07, 6.45) is 0. The zero-order chi connectivity index (χ0) is 14.7. The molecule has 2 aromatic rings. The fourth-order valence-corrected chi connectivity index (χ4v) is 2.11. The molecule has 0 amide bonds. The van der Waals surface area contributed by atoms with Gasteiger partial charge in [0.15, 0.2) is 5.75 Å². The largest absolute Gasteiger partial charge is 0.454 e. The second-order valence-corrected chi connectivity index (χ2v) is 4.69. The molecule has 1 N–H and O–H groups in total. The molecule has 7 heteroatoms. The van der Waals surface area contributed by atoms with E-state index in [1.165, 1.54) is 12.1 Å². The number of nitrogens with one attached hydrogen (secondary N) is 1. The molecule has 0 bridgehead atoms. The standard InChI is InChI=1S/C13H10Cl2N2O3/c1-16-8-2-4-10(5-3-8)20-13-11(14)6-9(17(18)19)7-12(13)15/h2-7,16H,1H3. The van der Waals surface area contributed by atoms with Gasteiger partial charge >= 0.3 is 0 Å². The third kappa shape index (κ3) is 3.12. The Labute approximate surface area is 125 Å². The molecule has 104 valence electrons. The lowest BCUT2D eigenvalue weighted by molar-refractivity contribution is -0.384. The molecule has 0 radical (unpaired) electrons. The number of non-ortho nitro benzene ring substituents is 1. The van der Waals surface area contributed by atoms with E-state index in [2.05, 4.69) is 5.32 Å². The molecule has 2 rings (SSSR count). The zero-order valence-corrected chi connectivity index (χ0v) is 11.9. The van der Waals surface area contributed by atoms with Gasteiger partial charge in [0.05, 0.1) is 15.0 Å². The molecule has 0 aliphatic heterocycles. The van der Waals surface area contributed by atoms with Crippen molar-refractivity contribution in [1.82, 2.24) is 0 Å². The maximum absolute atomic E-state index is 10.7. The highest BCUT2D eigenvalue weighted by Crippen LogP contribution is 2.39. The number of nitrogens with zero attached hydrogens (tertiary/aromatic N) is 1. The van der Waals surface area contributed by atoms with Crippen molar-refractivity contribution in [3.8, 4) is 11.5 Å². The van der Waals surface area contributed by atoms with Crippen LogP contribution in [0.1, 0.15) is 0 Å². The molecular formula is C13H10Cl2N2O3. The maximum Gasteiger partial charge on any atom is 0.272 e. The number of nitro benzene ring substituents is 1. The maximum atomic E-state index is 10.7. The minimum atomic E-state index is -0.566. The summed E-state index contributed by atoms with van der Waals surface area (Å²) in [6, 6.07) is 9.51. The van der Waals surface area contributed by atoms with E-state index >= 15 is 0 Å². The molecule has 0 spiro atoms. The number of benzene rings is 2. The van der Waals surface area contributed by atoms with Gasteiger partial charge in [-0.1, -0.05) is 23.2 Å². The lowest BCUT2D eigenvalue weighted by atomic mass is 10.3. The molecule has 0 aromatic heterocycles. The molecule has 20 heavy (non-hydrogen) atoms. The summed E-state index contributed by atoms with van der Waals surface area (Å²) in [6.45, 7) is 0. The van der Waals surface area contributed by atoms with Crippen LogP contribution in [0.5, 0.6) is 11.5 Å². The van der Waals surface area contributed by atoms with Crippen LogP contribution in [0.25, 0.3) is 0 Å². The van der Waals surface area contributed by atoms with Crippen molar-refractivity contribution >= 4 is 34.6 Å². The zero-order valence-electron chi connectivity index (χ0n) is 10.4. The average Bonchev–Trinajstić information content (AvgIpc) is 2.43. The Morgan fingerprint density at radius 2 is 1.70 bits per heavy atom. The van der Waals surface area contributed by atoms with Gasteiger partial charge in [-0.3, -0.25) is 10.1 Å². The third-order valence-electron chi connectivity index (χ3n) is 2.56. The van der Waals surface area contributed by atoms with E-state index in [0.717, 1.165) is 5.69 Å². The molecule has 0 saturated carbocycles. The van der Waals surface area contributed by atoms with Crippen LogP contribution < -0.4 is 10.1 Å². The summed E-state index contributed by atoms with van der Waals surface area (Å²) in [7, 11) is 1.81. The molecule has 5 nitrogen and oxygen atoms in total. The van der Waals surface area contributed by atoms with E-state index in [9.17, 15) is 10.1 Å². The molecule has 0 atom stereocenters. The van der Waals surface area contributed by atoms with Gasteiger partial charge in [-0.15, -0.1) is 0 Å². The minimum absolute atomic E-state index is 0.0851. The van der Waals surface area contributed by atoms with Crippen LogP contribution in [0.4, 0.5) is 11.4 Å². The van der Waals surface area contributed by atoms with Crippen LogP contribution in [0.3, 0.4) is 0 Å². The molecule has 0 unspecified atom stereocenters. The van der Waals surface area contributed by atoms with Gasteiger partial charge in [0.25, 0.3) is 5.69 Å². The van der Waals surface area contributed by atoms with Crippen molar-refractivity contribution in [3.05, 3.63) is 56.6 Å². The molecule has 2 aromatic carbocycles. The highest BCUT2D eigenvalue weighted by Gasteiger charge is 2.16. The number of ether oxygens (including phenoxy) is 1. The summed E-state index contributed by atoms with van der Waals surface area (Å²) >= 11 is 11.9. The molecule has 0 heterocycles. The number of halogens is 2. The second-order valence-electron chi connectivity index (χ2n) is 3.87. The number of rotatable bonds is 4. The van der Waals surface area contributed by atoms with Crippen LogP contribution in [-0.2, 0) is 0 Å². The number of hydrogen-bond donors (Lipinski definition) is 1. The fourth-order valence-electron chi connectivity index (χ4n) is 1.56. The molecule has 0 fully saturated rings. The van der Waals surface area contributed by atoms with E-state index in [-0.39, 0.29) is 21.5 Å². The predicted molar refractivity (Wildman–Crippen MR) is 79.2 cm³/mol. The number of anilines is 1. The van der Waals surface area contributed by atoms with Crippen molar-refractivity contribution < 1.29 is 9.66 Å². The Hall–Kier alpha value is -1.98. The van der Waals surface area contributed by atoms with E-state index in [4.69, 9.17) is 27.9 Å². The first-order valence-corrected chi connectivity index (χ1v) is 6.36. The summed E-state index contributed by atoms with van der Waals surface area (Å²) in [5.74, 6) is 0.720. The Morgan fingerprint density at radius 3 is 2.15 bits per heavy atom. The van der Waals surface area contributed by atoms with Gasteiger partial charge < -0.3 is 10.1 Å². The van der Waals surface area contributed by atoms with Crippen LogP contribution in [-0.4, -0.2) is 12.0 Å². The van der Waals surface area contributed by atoms with Gasteiger partial charge in [-0.25, -0.2) is 0 Å². The Kier molecular flexibility index (Phi) is 4.32. The Morgan fingerprint density at radius 1 is 1.15 bits per heavy atom. The monoisotopic (exact) mass is 312 g/mol. The first-order valence-electron chi connectivity index (χ1n) is 5.60. The second kappa shape index (κ2) is 5.98. The minimum Gasteiger partial charge on any atom is -0.454 e. The predicted octanol–water partition coefficient (Wildman–Crippen LogP) is 4.74. The van der Waals surface area contributed by atoms with Crippen LogP contribution in [0.15, 0.2) is 36.4 Å². The van der Waals surface area contributed by atoms with Gasteiger partial charge in [0, 0.05) is 24.9 Å². The Balaban J connectivity index is 2.30. The van der Waals surface area contributed by atoms with Crippen molar-refractivity contribution in [2.24, 2.45) is 0 Å². The summed E-state index contributed by atoms with van der Waals surface area (Å²) in [5.41, 5.74) is 0.746. The average molecular weight is 313 g/mol. The van der Waals surface area contributed by atoms with Crippen LogP contribution >= 0.6 is 23.2 Å². The summed E-state index contributed by atoms with van der Waals surface area (Å²) < 4.78 is 5.56. The number of nitro groups is 1. The normalized spacial score (nSPS) is 10.2. The quantitative estimate of drug-likeness (QED) is 0.654. The van der Waals surface area contributed by atoms with Gasteiger partial charge in [0.2, 0.25) is 0 Å². The lowest BCUT2D eigenvalue weighted by Gasteiger charge is -2.10. The van der Waals surface area contributed by atoms with E-state index in [1.807, 2.05) is 12.1 Å². The van der Waals surface area contributed by atoms with Crippen molar-refractivity contribution in [3.63, 3.8) is 0 Å².